The van der Waals surface area contributed by atoms with E-state index in [0.717, 1.165) is 29.7 Å². The normalized spacial score (nSPS) is 11.7. The third-order valence-electron chi connectivity index (χ3n) is 3.47. The first-order valence-corrected chi connectivity index (χ1v) is 7.55. The molecule has 2 aromatic rings. The highest BCUT2D eigenvalue weighted by molar-refractivity contribution is 5.90. The fraction of sp³-hybridized carbons (Fsp3) is 0.278. The summed E-state index contributed by atoms with van der Waals surface area (Å²) in [6.07, 6.45) is 1.93. The summed E-state index contributed by atoms with van der Waals surface area (Å²) in [6.45, 7) is 1.96. The summed E-state index contributed by atoms with van der Waals surface area (Å²) in [7, 11) is 0. The Morgan fingerprint density at radius 2 is 1.77 bits per heavy atom. The largest absolute Gasteiger partial charge is 0.394 e. The van der Waals surface area contributed by atoms with Crippen molar-refractivity contribution in [2.75, 3.05) is 11.9 Å². The van der Waals surface area contributed by atoms with Gasteiger partial charge in [-0.05, 0) is 23.6 Å². The molecule has 0 heterocycles. The van der Waals surface area contributed by atoms with Gasteiger partial charge in [0.15, 0.2) is 0 Å². The number of rotatable bonds is 6. The maximum Gasteiger partial charge on any atom is 0.319 e. The summed E-state index contributed by atoms with van der Waals surface area (Å²) in [5.41, 5.74) is 2.80. The number of aliphatic hydroxyl groups excluding tert-OH is 1. The first-order valence-electron chi connectivity index (χ1n) is 7.55. The van der Waals surface area contributed by atoms with E-state index in [1.807, 2.05) is 54.6 Å². The van der Waals surface area contributed by atoms with Crippen LogP contribution in [0.3, 0.4) is 0 Å². The quantitative estimate of drug-likeness (QED) is 0.764. The molecule has 0 saturated heterocycles. The molecule has 1 unspecified atom stereocenters. The van der Waals surface area contributed by atoms with E-state index >= 15 is 0 Å². The predicted molar refractivity (Wildman–Crippen MR) is 88.9 cm³/mol. The summed E-state index contributed by atoms with van der Waals surface area (Å²) in [5.74, 6) is 0. The van der Waals surface area contributed by atoms with Crippen molar-refractivity contribution < 1.29 is 9.90 Å². The maximum absolute atomic E-state index is 12.2. The zero-order chi connectivity index (χ0) is 15.8. The van der Waals surface area contributed by atoms with Gasteiger partial charge in [-0.1, -0.05) is 61.9 Å². The minimum absolute atomic E-state index is 0.145. The van der Waals surface area contributed by atoms with Crippen LogP contribution in [0.2, 0.25) is 0 Å². The van der Waals surface area contributed by atoms with E-state index in [9.17, 15) is 9.90 Å². The lowest BCUT2D eigenvalue weighted by atomic mass is 10.1. The number of aryl methyl sites for hydroxylation is 1. The maximum atomic E-state index is 12.2. The average Bonchev–Trinajstić information content (AvgIpc) is 2.55. The molecular formula is C18H22N2O2. The summed E-state index contributed by atoms with van der Waals surface area (Å²) < 4.78 is 0. The second-order valence-electron chi connectivity index (χ2n) is 5.15. The summed E-state index contributed by atoms with van der Waals surface area (Å²) in [6, 6.07) is 16.5. The minimum Gasteiger partial charge on any atom is -0.394 e. The smallest absolute Gasteiger partial charge is 0.319 e. The highest BCUT2D eigenvalue weighted by Crippen LogP contribution is 2.17. The highest BCUT2D eigenvalue weighted by atomic mass is 16.3. The van der Waals surface area contributed by atoms with E-state index in [2.05, 4.69) is 17.6 Å². The highest BCUT2D eigenvalue weighted by Gasteiger charge is 2.14. The van der Waals surface area contributed by atoms with E-state index in [4.69, 9.17) is 0 Å². The van der Waals surface area contributed by atoms with E-state index in [0.29, 0.717) is 0 Å². The molecule has 22 heavy (non-hydrogen) atoms. The van der Waals surface area contributed by atoms with E-state index in [1.165, 1.54) is 0 Å². The minimum atomic E-state index is -0.417. The predicted octanol–water partition coefficient (Wildman–Crippen LogP) is 3.49. The Bertz CT molecular complexity index is 599. The Balaban J connectivity index is 2.03. The molecule has 0 spiro atoms. The first kappa shape index (κ1) is 16.0. The monoisotopic (exact) mass is 298 g/mol. The second kappa shape index (κ2) is 8.20. The van der Waals surface area contributed by atoms with Crippen LogP contribution in [0, 0.1) is 0 Å². The van der Waals surface area contributed by atoms with Crippen LogP contribution in [0.5, 0.6) is 0 Å². The Hall–Kier alpha value is -2.33. The van der Waals surface area contributed by atoms with Gasteiger partial charge in [-0.3, -0.25) is 0 Å². The van der Waals surface area contributed by atoms with E-state index < -0.39 is 6.04 Å². The van der Waals surface area contributed by atoms with Crippen molar-refractivity contribution in [1.82, 2.24) is 5.32 Å². The van der Waals surface area contributed by atoms with Gasteiger partial charge in [-0.15, -0.1) is 0 Å². The van der Waals surface area contributed by atoms with Crippen LogP contribution >= 0.6 is 0 Å². The number of anilines is 1. The van der Waals surface area contributed by atoms with Crippen LogP contribution in [0.25, 0.3) is 0 Å². The lowest BCUT2D eigenvalue weighted by molar-refractivity contribution is 0.225. The van der Waals surface area contributed by atoms with Crippen molar-refractivity contribution in [2.45, 2.75) is 25.8 Å². The Morgan fingerprint density at radius 3 is 2.45 bits per heavy atom. The number of para-hydroxylation sites is 1. The topological polar surface area (TPSA) is 61.4 Å². The number of urea groups is 1. The van der Waals surface area contributed by atoms with Crippen molar-refractivity contribution in [3.8, 4) is 0 Å². The molecule has 3 N–H and O–H groups in total. The van der Waals surface area contributed by atoms with Crippen LogP contribution < -0.4 is 10.6 Å². The fourth-order valence-corrected chi connectivity index (χ4v) is 2.37. The summed E-state index contributed by atoms with van der Waals surface area (Å²) in [5, 5.41) is 15.2. The molecule has 1 atom stereocenters. The summed E-state index contributed by atoms with van der Waals surface area (Å²) in [4.78, 5) is 12.2. The van der Waals surface area contributed by atoms with Crippen LogP contribution in [0.4, 0.5) is 10.5 Å². The third kappa shape index (κ3) is 4.33. The van der Waals surface area contributed by atoms with Gasteiger partial charge in [0, 0.05) is 5.69 Å². The first-order chi connectivity index (χ1) is 10.7. The molecule has 2 amide bonds. The van der Waals surface area contributed by atoms with Crippen molar-refractivity contribution in [2.24, 2.45) is 0 Å². The Kier molecular flexibility index (Phi) is 5.98. The molecule has 4 nitrogen and oxygen atoms in total. The zero-order valence-corrected chi connectivity index (χ0v) is 12.8. The van der Waals surface area contributed by atoms with E-state index in [1.54, 1.807) is 0 Å². The molecule has 0 fully saturated rings. The molecule has 2 rings (SSSR count). The molecule has 2 aromatic carbocycles. The number of aliphatic hydroxyl groups is 1. The fourth-order valence-electron chi connectivity index (χ4n) is 2.37. The number of hydrogen-bond acceptors (Lipinski definition) is 2. The van der Waals surface area contributed by atoms with E-state index in [-0.39, 0.29) is 12.6 Å². The molecule has 0 saturated carbocycles. The Morgan fingerprint density at radius 1 is 1.09 bits per heavy atom. The standard InChI is InChI=1S/C18H22N2O2/c1-2-8-14-11-6-7-12-16(14)19-18(22)20-17(13-21)15-9-4-3-5-10-15/h3-7,9-12,17,21H,2,8,13H2,1H3,(H2,19,20,22). The van der Waals surface area contributed by atoms with Crippen LogP contribution in [0.1, 0.15) is 30.5 Å². The van der Waals surface area contributed by atoms with Gasteiger partial charge < -0.3 is 15.7 Å². The number of amides is 2. The molecule has 0 aliphatic rings. The lowest BCUT2D eigenvalue weighted by Crippen LogP contribution is -2.34. The summed E-state index contributed by atoms with van der Waals surface area (Å²) >= 11 is 0. The molecule has 0 aromatic heterocycles. The van der Waals surface area contributed by atoms with Crippen molar-refractivity contribution >= 4 is 11.7 Å². The average molecular weight is 298 g/mol. The molecule has 0 aliphatic heterocycles. The Labute approximate surface area is 131 Å². The van der Waals surface area contributed by atoms with Crippen molar-refractivity contribution in [1.29, 1.82) is 0 Å². The van der Waals surface area contributed by atoms with Crippen molar-refractivity contribution in [3.63, 3.8) is 0 Å². The number of carbonyl (C=O) groups is 1. The third-order valence-corrected chi connectivity index (χ3v) is 3.47. The van der Waals surface area contributed by atoms with Crippen molar-refractivity contribution in [3.05, 3.63) is 65.7 Å². The molecule has 0 bridgehead atoms. The van der Waals surface area contributed by atoms with Crippen LogP contribution in [-0.2, 0) is 6.42 Å². The van der Waals surface area contributed by atoms with Gasteiger partial charge >= 0.3 is 6.03 Å². The number of benzene rings is 2. The van der Waals surface area contributed by atoms with Gasteiger partial charge in [0.05, 0.1) is 12.6 Å². The molecule has 116 valence electrons. The number of nitrogens with one attached hydrogen (secondary N) is 2. The molecule has 4 heteroatoms. The van der Waals surface area contributed by atoms with Gasteiger partial charge in [-0.2, -0.15) is 0 Å². The molecular weight excluding hydrogens is 276 g/mol. The zero-order valence-electron chi connectivity index (χ0n) is 12.8. The van der Waals surface area contributed by atoms with Crippen LogP contribution in [-0.4, -0.2) is 17.7 Å². The van der Waals surface area contributed by atoms with Gasteiger partial charge in [-0.25, -0.2) is 4.79 Å². The molecule has 0 aliphatic carbocycles. The number of hydrogen-bond donors (Lipinski definition) is 3. The van der Waals surface area contributed by atoms with Crippen LogP contribution in [0.15, 0.2) is 54.6 Å². The second-order valence-corrected chi connectivity index (χ2v) is 5.15. The molecule has 0 radical (unpaired) electrons. The lowest BCUT2D eigenvalue weighted by Gasteiger charge is -2.18. The SMILES string of the molecule is CCCc1ccccc1NC(=O)NC(CO)c1ccccc1. The van der Waals surface area contributed by atoms with Gasteiger partial charge in [0.25, 0.3) is 0 Å². The van der Waals surface area contributed by atoms with Gasteiger partial charge in [0.2, 0.25) is 0 Å². The van der Waals surface area contributed by atoms with Gasteiger partial charge in [0.1, 0.15) is 0 Å². The number of carbonyl (C=O) groups excluding carboxylic acids is 1.